The van der Waals surface area contributed by atoms with Gasteiger partial charge in [-0.1, -0.05) is 12.1 Å². The highest BCUT2D eigenvalue weighted by molar-refractivity contribution is 7.88. The second kappa shape index (κ2) is 4.13. The van der Waals surface area contributed by atoms with Crippen molar-refractivity contribution in [2.75, 3.05) is 0 Å². The molecule has 18 heavy (non-hydrogen) atoms. The number of rotatable bonds is 2. The number of thiazole rings is 1. The minimum absolute atomic E-state index is 0.0541. The standard InChI is InChI=1S/C11H7NO3S3/c13-18(14,15)11-7(5-6-16-11)10-12-8-3-1-2-4-9(8)17-10/h1-6H,(H,13,14,15). The predicted octanol–water partition coefficient (Wildman–Crippen LogP) is 3.27. The summed E-state index contributed by atoms with van der Waals surface area (Å²) in [5.74, 6) is 0. The number of para-hydroxylation sites is 1. The Balaban J connectivity index is 2.24. The maximum Gasteiger partial charge on any atom is 0.304 e. The molecule has 0 radical (unpaired) electrons. The van der Waals surface area contributed by atoms with E-state index in [4.69, 9.17) is 4.55 Å². The van der Waals surface area contributed by atoms with Crippen LogP contribution in [0.2, 0.25) is 0 Å². The van der Waals surface area contributed by atoms with Gasteiger partial charge >= 0.3 is 10.1 Å². The molecule has 1 aromatic carbocycles. The predicted molar refractivity (Wildman–Crippen MR) is 72.7 cm³/mol. The Kier molecular flexibility index (Phi) is 2.70. The molecule has 3 rings (SSSR count). The quantitative estimate of drug-likeness (QED) is 0.737. The molecule has 0 fully saturated rings. The van der Waals surface area contributed by atoms with Crippen LogP contribution in [0.5, 0.6) is 0 Å². The lowest BCUT2D eigenvalue weighted by molar-refractivity contribution is 0.486. The first-order chi connectivity index (χ1) is 8.55. The van der Waals surface area contributed by atoms with Crippen LogP contribution in [0.3, 0.4) is 0 Å². The van der Waals surface area contributed by atoms with Gasteiger partial charge in [-0.25, -0.2) is 4.98 Å². The highest BCUT2D eigenvalue weighted by Gasteiger charge is 2.20. The number of thiophene rings is 1. The van der Waals surface area contributed by atoms with Gasteiger partial charge < -0.3 is 0 Å². The van der Waals surface area contributed by atoms with Crippen LogP contribution in [0.15, 0.2) is 39.9 Å². The number of hydrogen-bond acceptors (Lipinski definition) is 5. The Morgan fingerprint density at radius 2 is 1.94 bits per heavy atom. The molecule has 0 amide bonds. The largest absolute Gasteiger partial charge is 0.304 e. The van der Waals surface area contributed by atoms with E-state index in [-0.39, 0.29) is 4.21 Å². The summed E-state index contributed by atoms with van der Waals surface area (Å²) in [4.78, 5) is 4.38. The van der Waals surface area contributed by atoms with E-state index in [1.165, 1.54) is 11.3 Å². The number of benzene rings is 1. The van der Waals surface area contributed by atoms with Gasteiger partial charge in [-0.15, -0.1) is 22.7 Å². The average molecular weight is 297 g/mol. The number of fused-ring (bicyclic) bond motifs is 1. The van der Waals surface area contributed by atoms with Crippen LogP contribution in [0.25, 0.3) is 20.8 Å². The highest BCUT2D eigenvalue weighted by atomic mass is 32.3. The first-order valence-electron chi connectivity index (χ1n) is 4.96. The van der Waals surface area contributed by atoms with E-state index in [0.29, 0.717) is 10.6 Å². The summed E-state index contributed by atoms with van der Waals surface area (Å²) in [6.07, 6.45) is 0. The van der Waals surface area contributed by atoms with E-state index in [1.807, 2.05) is 24.3 Å². The molecule has 7 heteroatoms. The lowest BCUT2D eigenvalue weighted by atomic mass is 10.3. The molecule has 1 N–H and O–H groups in total. The third-order valence-corrected chi connectivity index (χ3v) is 5.77. The molecule has 0 aliphatic rings. The minimum Gasteiger partial charge on any atom is -0.281 e. The molecular weight excluding hydrogens is 290 g/mol. The Hall–Kier alpha value is -1.28. The van der Waals surface area contributed by atoms with Crippen molar-refractivity contribution in [3.63, 3.8) is 0 Å². The van der Waals surface area contributed by atoms with Crippen LogP contribution >= 0.6 is 22.7 Å². The third-order valence-electron chi connectivity index (χ3n) is 2.39. The maximum absolute atomic E-state index is 11.2. The van der Waals surface area contributed by atoms with Crippen molar-refractivity contribution < 1.29 is 13.0 Å². The van der Waals surface area contributed by atoms with Crippen molar-refractivity contribution in [2.45, 2.75) is 4.21 Å². The Morgan fingerprint density at radius 3 is 2.67 bits per heavy atom. The molecule has 0 atom stereocenters. The van der Waals surface area contributed by atoms with Gasteiger partial charge in [-0.2, -0.15) is 8.42 Å². The van der Waals surface area contributed by atoms with E-state index in [0.717, 1.165) is 21.6 Å². The minimum atomic E-state index is -4.19. The van der Waals surface area contributed by atoms with E-state index >= 15 is 0 Å². The number of nitrogens with zero attached hydrogens (tertiary/aromatic N) is 1. The first kappa shape index (κ1) is 11.8. The Morgan fingerprint density at radius 1 is 1.17 bits per heavy atom. The van der Waals surface area contributed by atoms with Crippen LogP contribution in [0, 0.1) is 0 Å². The molecule has 0 saturated carbocycles. The monoisotopic (exact) mass is 297 g/mol. The van der Waals surface area contributed by atoms with Gasteiger partial charge in [0.25, 0.3) is 0 Å². The van der Waals surface area contributed by atoms with E-state index < -0.39 is 10.1 Å². The average Bonchev–Trinajstić information content (AvgIpc) is 2.94. The van der Waals surface area contributed by atoms with Crippen LogP contribution in [-0.2, 0) is 10.1 Å². The normalized spacial score (nSPS) is 12.1. The van der Waals surface area contributed by atoms with Crippen molar-refractivity contribution in [1.82, 2.24) is 4.98 Å². The maximum atomic E-state index is 11.2. The van der Waals surface area contributed by atoms with Crippen LogP contribution in [-0.4, -0.2) is 18.0 Å². The molecule has 0 aliphatic heterocycles. The lowest BCUT2D eigenvalue weighted by Gasteiger charge is -1.95. The third kappa shape index (κ3) is 1.95. The summed E-state index contributed by atoms with van der Waals surface area (Å²) < 4.78 is 32.6. The fourth-order valence-corrected chi connectivity index (χ4v) is 4.48. The van der Waals surface area contributed by atoms with Crippen LogP contribution in [0.4, 0.5) is 0 Å². The zero-order valence-corrected chi connectivity index (χ0v) is 11.3. The molecule has 3 aromatic rings. The van der Waals surface area contributed by atoms with Gasteiger partial charge in [0.2, 0.25) is 0 Å². The van der Waals surface area contributed by atoms with Gasteiger partial charge in [0.15, 0.2) is 4.21 Å². The zero-order valence-electron chi connectivity index (χ0n) is 8.90. The molecule has 2 heterocycles. The zero-order chi connectivity index (χ0) is 12.8. The van der Waals surface area contributed by atoms with Crippen LogP contribution in [0.1, 0.15) is 0 Å². The second-order valence-electron chi connectivity index (χ2n) is 3.58. The summed E-state index contributed by atoms with van der Waals surface area (Å²) in [7, 11) is -4.19. The van der Waals surface area contributed by atoms with Crippen molar-refractivity contribution in [3.05, 3.63) is 35.7 Å². The van der Waals surface area contributed by atoms with Gasteiger partial charge in [0, 0.05) is 5.56 Å². The summed E-state index contributed by atoms with van der Waals surface area (Å²) in [6.45, 7) is 0. The first-order valence-corrected chi connectivity index (χ1v) is 8.10. The van der Waals surface area contributed by atoms with Crippen molar-refractivity contribution >= 4 is 43.0 Å². The van der Waals surface area contributed by atoms with Crippen molar-refractivity contribution in [2.24, 2.45) is 0 Å². The van der Waals surface area contributed by atoms with Crippen LogP contribution < -0.4 is 0 Å². The van der Waals surface area contributed by atoms with E-state index in [9.17, 15) is 8.42 Å². The van der Waals surface area contributed by atoms with E-state index in [2.05, 4.69) is 4.98 Å². The van der Waals surface area contributed by atoms with Gasteiger partial charge in [-0.3, -0.25) is 4.55 Å². The summed E-state index contributed by atoms with van der Waals surface area (Å²) in [5, 5.41) is 2.23. The van der Waals surface area contributed by atoms with Crippen molar-refractivity contribution in [1.29, 1.82) is 0 Å². The molecule has 0 aliphatic carbocycles. The molecule has 2 aromatic heterocycles. The molecule has 0 saturated heterocycles. The Bertz CT molecular complexity index is 784. The smallest absolute Gasteiger partial charge is 0.281 e. The van der Waals surface area contributed by atoms with Crippen molar-refractivity contribution in [3.8, 4) is 10.6 Å². The van der Waals surface area contributed by atoms with Gasteiger partial charge in [0.1, 0.15) is 5.01 Å². The molecule has 0 bridgehead atoms. The van der Waals surface area contributed by atoms with E-state index in [1.54, 1.807) is 11.4 Å². The highest BCUT2D eigenvalue weighted by Crippen LogP contribution is 2.36. The summed E-state index contributed by atoms with van der Waals surface area (Å²) >= 11 is 2.40. The SMILES string of the molecule is O=S(=O)(O)c1sccc1-c1nc2ccccc2s1. The molecule has 0 unspecified atom stereocenters. The molecule has 0 spiro atoms. The van der Waals surface area contributed by atoms with Gasteiger partial charge in [0.05, 0.1) is 10.2 Å². The molecule has 92 valence electrons. The second-order valence-corrected chi connectivity index (χ2v) is 7.15. The fraction of sp³-hybridized carbons (Fsp3) is 0. The topological polar surface area (TPSA) is 67.3 Å². The molecule has 4 nitrogen and oxygen atoms in total. The molecular formula is C11H7NO3S3. The Labute approximate surface area is 111 Å². The van der Waals surface area contributed by atoms with Gasteiger partial charge in [-0.05, 0) is 23.6 Å². The summed E-state index contributed by atoms with van der Waals surface area (Å²) in [6, 6.07) is 9.24. The lowest BCUT2D eigenvalue weighted by Crippen LogP contribution is -1.96. The number of hydrogen-bond donors (Lipinski definition) is 1. The number of aromatic nitrogens is 1. The summed E-state index contributed by atoms with van der Waals surface area (Å²) in [5.41, 5.74) is 1.29. The fourth-order valence-electron chi connectivity index (χ4n) is 1.64.